The van der Waals surface area contributed by atoms with E-state index in [9.17, 15) is 14.7 Å². The predicted molar refractivity (Wildman–Crippen MR) is 130 cm³/mol. The van der Waals surface area contributed by atoms with E-state index >= 15 is 0 Å². The minimum absolute atomic E-state index is 0.124. The highest BCUT2D eigenvalue weighted by Gasteiger charge is 2.45. The maximum atomic E-state index is 13.0. The molecule has 1 unspecified atom stereocenters. The molecule has 176 valence electrons. The van der Waals surface area contributed by atoms with Crippen LogP contribution in [0.15, 0.2) is 54.1 Å². The zero-order valence-electron chi connectivity index (χ0n) is 20.0. The van der Waals surface area contributed by atoms with E-state index in [0.29, 0.717) is 25.3 Å². The van der Waals surface area contributed by atoms with Crippen molar-refractivity contribution >= 4 is 17.4 Å². The molecule has 1 atom stereocenters. The van der Waals surface area contributed by atoms with Crippen molar-refractivity contribution in [1.82, 2.24) is 9.80 Å². The summed E-state index contributed by atoms with van der Waals surface area (Å²) in [4.78, 5) is 29.5. The first-order valence-electron chi connectivity index (χ1n) is 11.6. The molecular formula is C27H34N2O4. The van der Waals surface area contributed by atoms with Crippen LogP contribution in [0.1, 0.15) is 48.9 Å². The molecule has 0 saturated carbocycles. The van der Waals surface area contributed by atoms with Crippen molar-refractivity contribution in [3.05, 3.63) is 70.8 Å². The summed E-state index contributed by atoms with van der Waals surface area (Å²) in [6.45, 7) is 5.74. The number of aliphatic hydroxyl groups is 1. The number of carbonyl (C=O) groups is 2. The monoisotopic (exact) mass is 450 g/mol. The van der Waals surface area contributed by atoms with E-state index in [0.717, 1.165) is 36.1 Å². The van der Waals surface area contributed by atoms with E-state index in [-0.39, 0.29) is 11.3 Å². The maximum Gasteiger partial charge on any atom is 0.295 e. The number of unbranched alkanes of at least 4 members (excludes halogenated alkanes) is 2. The molecule has 1 amide bonds. The average molecular weight is 451 g/mol. The van der Waals surface area contributed by atoms with Gasteiger partial charge in [0.05, 0.1) is 18.2 Å². The molecule has 0 spiro atoms. The number of ketones is 1. The smallest absolute Gasteiger partial charge is 0.295 e. The van der Waals surface area contributed by atoms with E-state index in [1.807, 2.05) is 62.3 Å². The fraction of sp³-hybridized carbons (Fsp3) is 0.407. The molecule has 1 aliphatic heterocycles. The Balaban J connectivity index is 1.97. The second kappa shape index (κ2) is 11.1. The number of aryl methyl sites for hydroxylation is 1. The van der Waals surface area contributed by atoms with Crippen molar-refractivity contribution in [2.24, 2.45) is 0 Å². The second-order valence-electron chi connectivity index (χ2n) is 8.79. The first-order valence-corrected chi connectivity index (χ1v) is 11.6. The lowest BCUT2D eigenvalue weighted by Gasteiger charge is -2.26. The number of likely N-dealkylation sites (tertiary alicyclic amines) is 1. The number of Topliss-reactive ketones (excluding diaryl/α,β-unsaturated/α-hetero) is 1. The number of benzene rings is 2. The summed E-state index contributed by atoms with van der Waals surface area (Å²) in [5.74, 6) is -0.642. The van der Waals surface area contributed by atoms with Gasteiger partial charge in [-0.15, -0.1) is 0 Å². The highest BCUT2D eigenvalue weighted by molar-refractivity contribution is 6.46. The zero-order chi connectivity index (χ0) is 24.0. The molecule has 6 nitrogen and oxygen atoms in total. The van der Waals surface area contributed by atoms with Crippen LogP contribution in [0.4, 0.5) is 0 Å². The minimum Gasteiger partial charge on any atom is -0.507 e. The number of hydrogen-bond acceptors (Lipinski definition) is 5. The van der Waals surface area contributed by atoms with E-state index in [1.54, 1.807) is 17.0 Å². The Hall–Kier alpha value is -3.12. The molecular weight excluding hydrogens is 416 g/mol. The zero-order valence-corrected chi connectivity index (χ0v) is 20.0. The third-order valence-corrected chi connectivity index (χ3v) is 5.87. The first-order chi connectivity index (χ1) is 15.8. The number of likely N-dealkylation sites (N-methyl/N-ethyl adjacent to an activating group) is 1. The molecule has 0 radical (unpaired) electrons. The van der Waals surface area contributed by atoms with Gasteiger partial charge < -0.3 is 19.6 Å². The SMILES string of the molecule is CCCCCOc1ccc(C2C(=C(O)c3ccc(C)cc3)C(=O)C(=O)N2CCN(C)C)cc1. The molecule has 1 N–H and O–H groups in total. The molecule has 1 heterocycles. The van der Waals surface area contributed by atoms with E-state index in [1.165, 1.54) is 0 Å². The molecule has 0 aromatic heterocycles. The molecule has 3 rings (SSSR count). The molecule has 2 aromatic rings. The fourth-order valence-corrected chi connectivity index (χ4v) is 3.92. The Morgan fingerprint density at radius 1 is 1.03 bits per heavy atom. The quantitative estimate of drug-likeness (QED) is 0.249. The van der Waals surface area contributed by atoms with Gasteiger partial charge in [0.2, 0.25) is 0 Å². The molecule has 6 heteroatoms. The van der Waals surface area contributed by atoms with Gasteiger partial charge in [-0.05, 0) is 45.1 Å². The van der Waals surface area contributed by atoms with E-state index in [2.05, 4.69) is 6.92 Å². The average Bonchev–Trinajstić information content (AvgIpc) is 3.05. The molecule has 1 saturated heterocycles. The number of carbonyl (C=O) groups excluding carboxylic acids is 2. The van der Waals surface area contributed by atoms with Crippen LogP contribution >= 0.6 is 0 Å². The van der Waals surface area contributed by atoms with Crippen molar-refractivity contribution in [3.8, 4) is 5.75 Å². The summed E-state index contributed by atoms with van der Waals surface area (Å²) >= 11 is 0. The lowest BCUT2D eigenvalue weighted by molar-refractivity contribution is -0.140. The summed E-state index contributed by atoms with van der Waals surface area (Å²) in [5, 5.41) is 11.1. The fourth-order valence-electron chi connectivity index (χ4n) is 3.92. The number of amides is 1. The molecule has 2 aromatic carbocycles. The van der Waals surface area contributed by atoms with Crippen LogP contribution < -0.4 is 4.74 Å². The summed E-state index contributed by atoms with van der Waals surface area (Å²) < 4.78 is 5.81. The number of aliphatic hydroxyl groups excluding tert-OH is 1. The number of nitrogens with zero attached hydrogens (tertiary/aromatic N) is 2. The van der Waals surface area contributed by atoms with Gasteiger partial charge >= 0.3 is 0 Å². The number of ether oxygens (including phenoxy) is 1. The Morgan fingerprint density at radius 3 is 2.30 bits per heavy atom. The van der Waals surface area contributed by atoms with Gasteiger partial charge in [0.25, 0.3) is 11.7 Å². The Labute approximate surface area is 196 Å². The number of hydrogen-bond donors (Lipinski definition) is 1. The van der Waals surface area contributed by atoms with Gasteiger partial charge in [0.15, 0.2) is 0 Å². The van der Waals surface area contributed by atoms with Crippen LogP contribution in [0.5, 0.6) is 5.75 Å². The Morgan fingerprint density at radius 2 is 1.70 bits per heavy atom. The topological polar surface area (TPSA) is 70.1 Å². The molecule has 0 bridgehead atoms. The van der Waals surface area contributed by atoms with Crippen LogP contribution in [0.3, 0.4) is 0 Å². The Kier molecular flexibility index (Phi) is 8.28. The summed E-state index contributed by atoms with van der Waals surface area (Å²) in [7, 11) is 3.84. The maximum absolute atomic E-state index is 13.0. The highest BCUT2D eigenvalue weighted by atomic mass is 16.5. The van der Waals surface area contributed by atoms with Crippen molar-refractivity contribution in [1.29, 1.82) is 0 Å². The minimum atomic E-state index is -0.656. The second-order valence-corrected chi connectivity index (χ2v) is 8.79. The standard InChI is InChI=1S/C27H34N2O4/c1-5-6-7-18-33-22-14-12-20(13-15-22)24-23(25(30)21-10-8-19(2)9-11-21)26(31)27(32)29(24)17-16-28(3)4/h8-15,24,30H,5-7,16-18H2,1-4H3. The largest absolute Gasteiger partial charge is 0.507 e. The van der Waals surface area contributed by atoms with Crippen LogP contribution in [0, 0.1) is 6.92 Å². The number of rotatable bonds is 10. The predicted octanol–water partition coefficient (Wildman–Crippen LogP) is 4.55. The van der Waals surface area contributed by atoms with Gasteiger partial charge in [0.1, 0.15) is 11.5 Å². The normalized spacial score (nSPS) is 17.7. The third kappa shape index (κ3) is 5.82. The van der Waals surface area contributed by atoms with Crippen LogP contribution in [0.2, 0.25) is 0 Å². The molecule has 1 aliphatic rings. The van der Waals surface area contributed by atoms with Crippen molar-refractivity contribution in [3.63, 3.8) is 0 Å². The summed E-state index contributed by atoms with van der Waals surface area (Å²) in [5.41, 5.74) is 2.46. The summed E-state index contributed by atoms with van der Waals surface area (Å²) in [6, 6.07) is 14.1. The van der Waals surface area contributed by atoms with Gasteiger partial charge in [0, 0.05) is 18.7 Å². The van der Waals surface area contributed by atoms with Crippen LogP contribution in [-0.2, 0) is 9.59 Å². The molecule has 1 fully saturated rings. The summed E-state index contributed by atoms with van der Waals surface area (Å²) in [6.07, 6.45) is 3.26. The van der Waals surface area contributed by atoms with Crippen LogP contribution in [-0.4, -0.2) is 60.4 Å². The molecule has 33 heavy (non-hydrogen) atoms. The van der Waals surface area contributed by atoms with Crippen molar-refractivity contribution in [2.45, 2.75) is 39.2 Å². The first kappa shape index (κ1) is 24.5. The van der Waals surface area contributed by atoms with E-state index < -0.39 is 17.7 Å². The van der Waals surface area contributed by atoms with Gasteiger partial charge in [-0.25, -0.2) is 0 Å². The van der Waals surface area contributed by atoms with Crippen molar-refractivity contribution in [2.75, 3.05) is 33.8 Å². The van der Waals surface area contributed by atoms with Crippen molar-refractivity contribution < 1.29 is 19.4 Å². The van der Waals surface area contributed by atoms with Gasteiger partial charge in [-0.3, -0.25) is 9.59 Å². The molecule has 0 aliphatic carbocycles. The van der Waals surface area contributed by atoms with Gasteiger partial charge in [-0.2, -0.15) is 0 Å². The Bertz CT molecular complexity index is 994. The highest BCUT2D eigenvalue weighted by Crippen LogP contribution is 2.39. The third-order valence-electron chi connectivity index (χ3n) is 5.87. The lowest BCUT2D eigenvalue weighted by atomic mass is 9.95. The lowest BCUT2D eigenvalue weighted by Crippen LogP contribution is -2.35. The van der Waals surface area contributed by atoms with Gasteiger partial charge in [-0.1, -0.05) is 61.7 Å². The van der Waals surface area contributed by atoms with E-state index in [4.69, 9.17) is 4.74 Å². The van der Waals surface area contributed by atoms with Crippen LogP contribution in [0.25, 0.3) is 5.76 Å².